The molecule has 1 aromatic carbocycles. The van der Waals surface area contributed by atoms with Crippen LogP contribution >= 0.6 is 0 Å². The summed E-state index contributed by atoms with van der Waals surface area (Å²) in [5.41, 5.74) is 2.54. The van der Waals surface area contributed by atoms with Gasteiger partial charge < -0.3 is 14.5 Å². The molecule has 1 aliphatic carbocycles. The number of methoxy groups -OCH3 is 1. The number of carbonyl (C=O) groups is 1. The van der Waals surface area contributed by atoms with E-state index in [0.29, 0.717) is 12.4 Å². The summed E-state index contributed by atoms with van der Waals surface area (Å²) in [6.45, 7) is 3.09. The van der Waals surface area contributed by atoms with Crippen LogP contribution in [-0.4, -0.2) is 54.1 Å². The van der Waals surface area contributed by atoms with Crippen molar-refractivity contribution < 1.29 is 9.53 Å². The Hall–Kier alpha value is -2.63. The van der Waals surface area contributed by atoms with Gasteiger partial charge in [0, 0.05) is 38.6 Å². The number of hydrogen-bond donors (Lipinski definition) is 0. The number of anilines is 1. The number of hydrogen-bond acceptors (Lipinski definition) is 5. The van der Waals surface area contributed by atoms with Gasteiger partial charge in [0.25, 0.3) is 5.88 Å². The first kappa shape index (κ1) is 16.8. The molecule has 26 heavy (non-hydrogen) atoms. The van der Waals surface area contributed by atoms with Crippen molar-refractivity contribution in [2.75, 3.05) is 38.2 Å². The standard InChI is InChI=1S/C20H24N4O2/c1-26-19-18(21-9-10-22-19)23-11-4-12-24(14-13-23)20(25)17-8-7-15-5-2-3-6-16(15)17/h2-3,5-6,9-10,17H,4,7-8,11-14H2,1H3. The number of rotatable bonds is 3. The predicted octanol–water partition coefficient (Wildman–Crippen LogP) is 2.25. The lowest BCUT2D eigenvalue weighted by atomic mass is 10.00. The van der Waals surface area contributed by atoms with Gasteiger partial charge in [-0.2, -0.15) is 0 Å². The Labute approximate surface area is 153 Å². The lowest BCUT2D eigenvalue weighted by Crippen LogP contribution is -2.38. The van der Waals surface area contributed by atoms with Crippen molar-refractivity contribution >= 4 is 11.7 Å². The SMILES string of the molecule is COc1nccnc1N1CCCN(C(=O)C2CCc3ccccc32)CC1. The fourth-order valence-electron chi connectivity index (χ4n) is 4.06. The molecule has 1 atom stereocenters. The van der Waals surface area contributed by atoms with E-state index in [0.717, 1.165) is 44.7 Å². The summed E-state index contributed by atoms with van der Waals surface area (Å²) in [5.74, 6) is 1.58. The van der Waals surface area contributed by atoms with Crippen molar-refractivity contribution in [3.8, 4) is 5.88 Å². The van der Waals surface area contributed by atoms with E-state index in [1.54, 1.807) is 19.5 Å². The molecule has 1 saturated heterocycles. The molecule has 2 aromatic rings. The summed E-state index contributed by atoms with van der Waals surface area (Å²) in [6, 6.07) is 8.35. The van der Waals surface area contributed by atoms with Crippen molar-refractivity contribution in [3.63, 3.8) is 0 Å². The zero-order valence-electron chi connectivity index (χ0n) is 15.1. The Morgan fingerprint density at radius 1 is 1.12 bits per heavy atom. The van der Waals surface area contributed by atoms with Crippen molar-refractivity contribution in [2.45, 2.75) is 25.2 Å². The van der Waals surface area contributed by atoms with E-state index in [1.165, 1.54) is 11.1 Å². The Bertz CT molecular complexity index is 795. The molecule has 6 heteroatoms. The maximum atomic E-state index is 13.1. The number of carbonyl (C=O) groups excluding carboxylic acids is 1. The van der Waals surface area contributed by atoms with Gasteiger partial charge >= 0.3 is 0 Å². The first-order chi connectivity index (χ1) is 12.8. The molecule has 2 heterocycles. The van der Waals surface area contributed by atoms with Crippen molar-refractivity contribution in [3.05, 3.63) is 47.8 Å². The van der Waals surface area contributed by atoms with Gasteiger partial charge in [0.05, 0.1) is 13.0 Å². The largest absolute Gasteiger partial charge is 0.478 e. The average molecular weight is 352 g/mol. The van der Waals surface area contributed by atoms with Gasteiger partial charge in [-0.1, -0.05) is 24.3 Å². The summed E-state index contributed by atoms with van der Waals surface area (Å²) in [6.07, 6.45) is 6.16. The van der Waals surface area contributed by atoms with E-state index in [9.17, 15) is 4.79 Å². The van der Waals surface area contributed by atoms with E-state index in [2.05, 4.69) is 33.1 Å². The number of benzene rings is 1. The molecule has 0 spiro atoms. The van der Waals surface area contributed by atoms with Crippen LogP contribution in [0.4, 0.5) is 5.82 Å². The molecule has 1 aromatic heterocycles. The van der Waals surface area contributed by atoms with E-state index in [1.807, 2.05) is 11.0 Å². The minimum Gasteiger partial charge on any atom is -0.478 e. The Kier molecular flexibility index (Phi) is 4.73. The minimum atomic E-state index is 0.0174. The van der Waals surface area contributed by atoms with Crippen LogP contribution in [0, 0.1) is 0 Å². The van der Waals surface area contributed by atoms with Crippen LogP contribution in [0.25, 0.3) is 0 Å². The normalized spacial score (nSPS) is 19.8. The smallest absolute Gasteiger partial charge is 0.257 e. The van der Waals surface area contributed by atoms with Gasteiger partial charge in [-0.25, -0.2) is 9.97 Å². The zero-order chi connectivity index (χ0) is 17.9. The summed E-state index contributed by atoms with van der Waals surface area (Å²) in [4.78, 5) is 26.0. The molecule has 1 unspecified atom stereocenters. The van der Waals surface area contributed by atoms with Gasteiger partial charge in [0.1, 0.15) is 0 Å². The number of aromatic nitrogens is 2. The monoisotopic (exact) mass is 352 g/mol. The first-order valence-corrected chi connectivity index (χ1v) is 9.24. The molecular weight excluding hydrogens is 328 g/mol. The number of amides is 1. The highest BCUT2D eigenvalue weighted by Crippen LogP contribution is 2.34. The van der Waals surface area contributed by atoms with Crippen LogP contribution in [0.2, 0.25) is 0 Å². The number of nitrogens with zero attached hydrogens (tertiary/aromatic N) is 4. The average Bonchev–Trinajstić information content (AvgIpc) is 2.97. The van der Waals surface area contributed by atoms with Crippen molar-refractivity contribution in [1.82, 2.24) is 14.9 Å². The fraction of sp³-hybridized carbons (Fsp3) is 0.450. The fourth-order valence-corrected chi connectivity index (χ4v) is 4.06. The molecule has 1 amide bonds. The molecule has 0 saturated carbocycles. The summed E-state index contributed by atoms with van der Waals surface area (Å²) >= 11 is 0. The summed E-state index contributed by atoms with van der Waals surface area (Å²) in [5, 5.41) is 0. The number of fused-ring (bicyclic) bond motifs is 1. The van der Waals surface area contributed by atoms with E-state index < -0.39 is 0 Å². The molecule has 0 N–H and O–H groups in total. The van der Waals surface area contributed by atoms with E-state index >= 15 is 0 Å². The van der Waals surface area contributed by atoms with Crippen LogP contribution in [0.1, 0.15) is 29.9 Å². The second-order valence-electron chi connectivity index (χ2n) is 6.85. The summed E-state index contributed by atoms with van der Waals surface area (Å²) in [7, 11) is 1.61. The van der Waals surface area contributed by atoms with Crippen LogP contribution in [0.5, 0.6) is 5.88 Å². The third-order valence-corrected chi connectivity index (χ3v) is 5.38. The number of ether oxygens (including phenoxy) is 1. The van der Waals surface area contributed by atoms with Crippen LogP contribution in [0.15, 0.2) is 36.7 Å². The highest BCUT2D eigenvalue weighted by molar-refractivity contribution is 5.85. The van der Waals surface area contributed by atoms with E-state index in [4.69, 9.17) is 4.74 Å². The van der Waals surface area contributed by atoms with Gasteiger partial charge in [-0.05, 0) is 30.4 Å². The van der Waals surface area contributed by atoms with Crippen LogP contribution in [0.3, 0.4) is 0 Å². The molecule has 0 bridgehead atoms. The second-order valence-corrected chi connectivity index (χ2v) is 6.85. The molecule has 6 nitrogen and oxygen atoms in total. The molecule has 1 aliphatic heterocycles. The molecule has 1 fully saturated rings. The summed E-state index contributed by atoms with van der Waals surface area (Å²) < 4.78 is 5.34. The lowest BCUT2D eigenvalue weighted by molar-refractivity contribution is -0.132. The van der Waals surface area contributed by atoms with Gasteiger partial charge in [-0.15, -0.1) is 0 Å². The first-order valence-electron chi connectivity index (χ1n) is 9.24. The van der Waals surface area contributed by atoms with Crippen molar-refractivity contribution in [2.24, 2.45) is 0 Å². The van der Waals surface area contributed by atoms with Gasteiger partial charge in [0.2, 0.25) is 5.91 Å². The highest BCUT2D eigenvalue weighted by Gasteiger charge is 2.32. The topological polar surface area (TPSA) is 58.6 Å². The third kappa shape index (κ3) is 3.11. The third-order valence-electron chi connectivity index (χ3n) is 5.38. The van der Waals surface area contributed by atoms with E-state index in [-0.39, 0.29) is 11.8 Å². The molecule has 2 aliphatic rings. The van der Waals surface area contributed by atoms with Gasteiger partial charge in [0.15, 0.2) is 5.82 Å². The molecule has 0 radical (unpaired) electrons. The maximum Gasteiger partial charge on any atom is 0.257 e. The molecule has 136 valence electrons. The second kappa shape index (κ2) is 7.32. The molecular formula is C20H24N4O2. The Balaban J connectivity index is 1.47. The minimum absolute atomic E-state index is 0.0174. The molecule has 4 rings (SSSR count). The number of aryl methyl sites for hydroxylation is 1. The highest BCUT2D eigenvalue weighted by atomic mass is 16.5. The Morgan fingerprint density at radius 2 is 1.96 bits per heavy atom. The predicted molar refractivity (Wildman–Crippen MR) is 99.5 cm³/mol. The quantitative estimate of drug-likeness (QED) is 0.848. The van der Waals surface area contributed by atoms with Crippen LogP contribution in [-0.2, 0) is 11.2 Å². The van der Waals surface area contributed by atoms with Gasteiger partial charge in [-0.3, -0.25) is 4.79 Å². The zero-order valence-corrected chi connectivity index (χ0v) is 15.1. The Morgan fingerprint density at radius 3 is 2.85 bits per heavy atom. The lowest BCUT2D eigenvalue weighted by Gasteiger charge is -2.25. The maximum absolute atomic E-state index is 13.1. The van der Waals surface area contributed by atoms with Crippen LogP contribution < -0.4 is 9.64 Å². The van der Waals surface area contributed by atoms with Crippen molar-refractivity contribution in [1.29, 1.82) is 0 Å².